The number of phenolic OH excluding ortho intramolecular Hbond substituents is 1. The van der Waals surface area contributed by atoms with Crippen molar-refractivity contribution in [1.29, 1.82) is 0 Å². The number of aromatic hydroxyl groups is 1. The number of nitrogens with two attached hydrogens (primary N) is 1. The molecule has 19 heavy (non-hydrogen) atoms. The Labute approximate surface area is 110 Å². The number of benzene rings is 2. The summed E-state index contributed by atoms with van der Waals surface area (Å²) in [7, 11) is 0. The molecule has 3 aromatic rings. The number of para-hydroxylation sites is 2. The number of nitrogens with zero attached hydrogens (tertiary/aromatic N) is 3. The molecule has 0 unspecified atom stereocenters. The second kappa shape index (κ2) is 4.45. The van der Waals surface area contributed by atoms with Crippen LogP contribution in [0.1, 0.15) is 0 Å². The van der Waals surface area contributed by atoms with Gasteiger partial charge >= 0.3 is 0 Å². The Bertz CT molecular complexity index is 706. The largest absolute Gasteiger partial charge is 0.505 e. The smallest absolute Gasteiger partial charge is 0.172 e. The lowest BCUT2D eigenvalue weighted by Gasteiger charge is -2.08. The van der Waals surface area contributed by atoms with Crippen LogP contribution in [0.2, 0.25) is 0 Å². The molecule has 0 aliphatic carbocycles. The van der Waals surface area contributed by atoms with E-state index in [0.717, 1.165) is 5.69 Å². The number of hydrogen-bond donors (Lipinski definition) is 2. The fourth-order valence-electron chi connectivity index (χ4n) is 1.94. The molecule has 0 fully saturated rings. The number of phenols is 1. The van der Waals surface area contributed by atoms with E-state index in [-0.39, 0.29) is 5.75 Å². The van der Waals surface area contributed by atoms with Gasteiger partial charge in [-0.3, -0.25) is 4.57 Å². The fraction of sp³-hybridized carbons (Fsp3) is 0. The molecule has 0 amide bonds. The number of hydrogen-bond acceptors (Lipinski definition) is 4. The minimum atomic E-state index is 0.0210. The molecule has 5 heteroatoms. The predicted octanol–water partition coefficient (Wildman–Crippen LogP) is 2.22. The quantitative estimate of drug-likeness (QED) is 0.541. The summed E-state index contributed by atoms with van der Waals surface area (Å²) >= 11 is 0. The molecule has 0 bridgehead atoms. The zero-order valence-corrected chi connectivity index (χ0v) is 10.1. The Hall–Kier alpha value is -2.82. The first-order valence-corrected chi connectivity index (χ1v) is 5.80. The van der Waals surface area contributed by atoms with Gasteiger partial charge in [0.1, 0.15) is 12.1 Å². The van der Waals surface area contributed by atoms with Crippen LogP contribution in [-0.2, 0) is 0 Å². The number of nitrogen functional groups attached to an aromatic ring is 1. The van der Waals surface area contributed by atoms with Crippen molar-refractivity contribution in [2.24, 2.45) is 0 Å². The van der Waals surface area contributed by atoms with Crippen molar-refractivity contribution in [1.82, 2.24) is 14.8 Å². The van der Waals surface area contributed by atoms with Crippen molar-refractivity contribution in [3.05, 3.63) is 54.9 Å². The van der Waals surface area contributed by atoms with Crippen LogP contribution in [0.4, 0.5) is 5.69 Å². The lowest BCUT2D eigenvalue weighted by atomic mass is 10.1. The third-order valence-corrected chi connectivity index (χ3v) is 2.89. The summed E-state index contributed by atoms with van der Waals surface area (Å²) in [5.41, 5.74) is 7.51. The minimum Gasteiger partial charge on any atom is -0.505 e. The molecular formula is C14H12N4O. The molecule has 1 aromatic heterocycles. The molecule has 94 valence electrons. The average Bonchev–Trinajstić information content (AvgIpc) is 2.92. The summed E-state index contributed by atoms with van der Waals surface area (Å²) in [6, 6.07) is 14.8. The summed E-state index contributed by atoms with van der Waals surface area (Å²) in [6.45, 7) is 0. The van der Waals surface area contributed by atoms with E-state index in [9.17, 15) is 5.11 Å². The average molecular weight is 252 g/mol. The van der Waals surface area contributed by atoms with Gasteiger partial charge in [-0.15, -0.1) is 10.2 Å². The van der Waals surface area contributed by atoms with E-state index >= 15 is 0 Å². The van der Waals surface area contributed by atoms with Crippen LogP contribution in [0.15, 0.2) is 54.9 Å². The van der Waals surface area contributed by atoms with Gasteiger partial charge in [0.25, 0.3) is 0 Å². The van der Waals surface area contributed by atoms with Crippen LogP contribution in [0.25, 0.3) is 17.1 Å². The summed E-state index contributed by atoms with van der Waals surface area (Å²) in [5.74, 6) is 0.573. The van der Waals surface area contributed by atoms with Crippen molar-refractivity contribution >= 4 is 5.69 Å². The highest BCUT2D eigenvalue weighted by molar-refractivity contribution is 5.73. The van der Waals surface area contributed by atoms with Gasteiger partial charge in [-0.25, -0.2) is 0 Å². The molecule has 3 N–H and O–H groups in total. The molecule has 0 aliphatic rings. The van der Waals surface area contributed by atoms with Crippen LogP contribution in [0.5, 0.6) is 5.75 Å². The summed E-state index contributed by atoms with van der Waals surface area (Å²) in [6.07, 6.45) is 1.60. The van der Waals surface area contributed by atoms with Crippen LogP contribution in [-0.4, -0.2) is 19.9 Å². The highest BCUT2D eigenvalue weighted by Crippen LogP contribution is 2.33. The Morgan fingerprint density at radius 1 is 1.00 bits per heavy atom. The Morgan fingerprint density at radius 2 is 1.79 bits per heavy atom. The topological polar surface area (TPSA) is 77.0 Å². The summed E-state index contributed by atoms with van der Waals surface area (Å²) in [5, 5.41) is 18.0. The van der Waals surface area contributed by atoms with Gasteiger partial charge in [0.2, 0.25) is 0 Å². The van der Waals surface area contributed by atoms with Crippen LogP contribution in [0.3, 0.4) is 0 Å². The van der Waals surface area contributed by atoms with Gasteiger partial charge < -0.3 is 10.8 Å². The van der Waals surface area contributed by atoms with Crippen LogP contribution < -0.4 is 5.73 Å². The van der Waals surface area contributed by atoms with Crippen molar-refractivity contribution in [3.8, 4) is 22.8 Å². The first kappa shape index (κ1) is 11.3. The molecule has 5 nitrogen and oxygen atoms in total. The monoisotopic (exact) mass is 252 g/mol. The van der Waals surface area contributed by atoms with Crippen molar-refractivity contribution < 1.29 is 5.11 Å². The zero-order chi connectivity index (χ0) is 13.2. The fourth-order valence-corrected chi connectivity index (χ4v) is 1.94. The van der Waals surface area contributed by atoms with Gasteiger partial charge in [0, 0.05) is 5.69 Å². The molecule has 0 aliphatic heterocycles. The SMILES string of the molecule is Nc1cccc(-c2nncn2-c2ccccc2)c1O. The highest BCUT2D eigenvalue weighted by atomic mass is 16.3. The van der Waals surface area contributed by atoms with Crippen molar-refractivity contribution in [3.63, 3.8) is 0 Å². The molecule has 0 atom stereocenters. The lowest BCUT2D eigenvalue weighted by Crippen LogP contribution is -1.97. The van der Waals surface area contributed by atoms with Crippen LogP contribution >= 0.6 is 0 Å². The van der Waals surface area contributed by atoms with Gasteiger partial charge in [-0.2, -0.15) is 0 Å². The standard InChI is InChI=1S/C14H12N4O/c15-12-8-4-7-11(13(12)19)14-17-16-9-18(14)10-5-2-1-3-6-10/h1-9,19H,15H2. The van der Waals surface area contributed by atoms with Gasteiger partial charge in [-0.05, 0) is 24.3 Å². The Balaban J connectivity index is 2.18. The maximum atomic E-state index is 10.0. The predicted molar refractivity (Wildman–Crippen MR) is 72.9 cm³/mol. The van der Waals surface area contributed by atoms with E-state index in [1.54, 1.807) is 29.1 Å². The maximum Gasteiger partial charge on any atom is 0.172 e. The third-order valence-electron chi connectivity index (χ3n) is 2.89. The Kier molecular flexibility index (Phi) is 2.64. The normalized spacial score (nSPS) is 10.5. The van der Waals surface area contributed by atoms with E-state index < -0.39 is 0 Å². The number of rotatable bonds is 2. The van der Waals surface area contributed by atoms with E-state index in [1.807, 2.05) is 30.3 Å². The first-order chi connectivity index (χ1) is 9.27. The molecule has 2 aromatic carbocycles. The molecular weight excluding hydrogens is 240 g/mol. The van der Waals surface area contributed by atoms with E-state index in [1.165, 1.54) is 0 Å². The van der Waals surface area contributed by atoms with E-state index in [2.05, 4.69) is 10.2 Å². The second-order valence-electron chi connectivity index (χ2n) is 4.10. The summed E-state index contributed by atoms with van der Waals surface area (Å²) < 4.78 is 1.80. The molecule has 3 rings (SSSR count). The molecule has 0 saturated heterocycles. The third kappa shape index (κ3) is 1.91. The van der Waals surface area contributed by atoms with Gasteiger partial charge in [0.15, 0.2) is 5.82 Å². The van der Waals surface area contributed by atoms with Gasteiger partial charge in [-0.1, -0.05) is 24.3 Å². The Morgan fingerprint density at radius 3 is 2.58 bits per heavy atom. The molecule has 0 spiro atoms. The number of anilines is 1. The lowest BCUT2D eigenvalue weighted by molar-refractivity contribution is 0.479. The van der Waals surface area contributed by atoms with Crippen LogP contribution in [0, 0.1) is 0 Å². The molecule has 0 saturated carbocycles. The van der Waals surface area contributed by atoms with E-state index in [0.29, 0.717) is 17.1 Å². The minimum absolute atomic E-state index is 0.0210. The highest BCUT2D eigenvalue weighted by Gasteiger charge is 2.14. The second-order valence-corrected chi connectivity index (χ2v) is 4.10. The van der Waals surface area contributed by atoms with Gasteiger partial charge in [0.05, 0.1) is 11.3 Å². The molecule has 0 radical (unpaired) electrons. The first-order valence-electron chi connectivity index (χ1n) is 5.80. The number of aromatic nitrogens is 3. The van der Waals surface area contributed by atoms with Crippen molar-refractivity contribution in [2.75, 3.05) is 5.73 Å². The maximum absolute atomic E-state index is 10.0. The molecule has 1 heterocycles. The zero-order valence-electron chi connectivity index (χ0n) is 10.1. The van der Waals surface area contributed by atoms with Crippen molar-refractivity contribution in [2.45, 2.75) is 0 Å². The summed E-state index contributed by atoms with van der Waals surface area (Å²) in [4.78, 5) is 0. The van der Waals surface area contributed by atoms with E-state index in [4.69, 9.17) is 5.73 Å².